The molecule has 2 aromatic heterocycles. The Hall–Kier alpha value is -2.03. The minimum Gasteiger partial charge on any atom is -0.346 e. The summed E-state index contributed by atoms with van der Waals surface area (Å²) in [6.45, 7) is 3.70. The number of thiazole rings is 1. The average molecular weight is 418 g/mol. The number of hydrogen-bond acceptors (Lipinski definition) is 6. The predicted octanol–water partition coefficient (Wildman–Crippen LogP) is 3.12. The Kier molecular flexibility index (Phi) is 4.65. The molecule has 0 bridgehead atoms. The Bertz CT molecular complexity index is 922. The molecular weight excluding hydrogens is 402 g/mol. The number of piperazine rings is 1. The molecule has 0 saturated carbocycles. The molecule has 0 atom stereocenters. The zero-order chi connectivity index (χ0) is 17.2. The van der Waals surface area contributed by atoms with Crippen LogP contribution < -0.4 is 15.5 Å². The molecule has 128 valence electrons. The number of carbonyl (C=O) groups excluding carboxylic acids is 1. The molecule has 3 aromatic rings. The van der Waals surface area contributed by atoms with E-state index in [9.17, 15) is 4.79 Å². The van der Waals surface area contributed by atoms with Gasteiger partial charge in [-0.2, -0.15) is 0 Å². The first-order chi connectivity index (χ1) is 12.2. The van der Waals surface area contributed by atoms with E-state index in [1.165, 1.54) is 11.3 Å². The Balaban J connectivity index is 1.56. The van der Waals surface area contributed by atoms with Crippen LogP contribution in [0.3, 0.4) is 0 Å². The summed E-state index contributed by atoms with van der Waals surface area (Å²) >= 11 is 4.96. The molecule has 8 heteroatoms. The summed E-state index contributed by atoms with van der Waals surface area (Å²) in [5, 5.41) is 10.8. The minimum absolute atomic E-state index is 0.238. The third-order valence-corrected chi connectivity index (χ3v) is 5.47. The predicted molar refractivity (Wildman–Crippen MR) is 105 cm³/mol. The van der Waals surface area contributed by atoms with Crippen molar-refractivity contribution in [2.45, 2.75) is 0 Å². The summed E-state index contributed by atoms with van der Waals surface area (Å²) in [4.78, 5) is 23.6. The molecule has 1 fully saturated rings. The third kappa shape index (κ3) is 3.51. The number of anilines is 2. The summed E-state index contributed by atoms with van der Waals surface area (Å²) in [6, 6.07) is 7.82. The first-order valence-corrected chi connectivity index (χ1v) is 9.65. The molecule has 1 saturated heterocycles. The number of nitrogens with one attached hydrogen (secondary N) is 2. The van der Waals surface area contributed by atoms with E-state index in [-0.39, 0.29) is 5.91 Å². The maximum atomic E-state index is 12.6. The number of rotatable bonds is 3. The lowest BCUT2D eigenvalue weighted by atomic mass is 10.1. The topological polar surface area (TPSA) is 70.2 Å². The molecule has 0 aliphatic carbocycles. The SMILES string of the molecule is O=C(Nc1nccc2ccc(Br)cc12)c1csc(N2CCNCC2)n1. The van der Waals surface area contributed by atoms with E-state index in [2.05, 4.69) is 41.4 Å². The lowest BCUT2D eigenvalue weighted by Gasteiger charge is -2.26. The fourth-order valence-corrected chi connectivity index (χ4v) is 4.00. The van der Waals surface area contributed by atoms with Crippen molar-refractivity contribution in [3.8, 4) is 0 Å². The number of halogens is 1. The van der Waals surface area contributed by atoms with E-state index in [0.29, 0.717) is 11.5 Å². The van der Waals surface area contributed by atoms with Gasteiger partial charge in [0, 0.05) is 47.6 Å². The van der Waals surface area contributed by atoms with Gasteiger partial charge in [0.25, 0.3) is 5.91 Å². The highest BCUT2D eigenvalue weighted by atomic mass is 79.9. The van der Waals surface area contributed by atoms with Gasteiger partial charge < -0.3 is 15.5 Å². The summed E-state index contributed by atoms with van der Waals surface area (Å²) in [5.74, 6) is 0.304. The van der Waals surface area contributed by atoms with Gasteiger partial charge in [-0.15, -0.1) is 11.3 Å². The number of benzene rings is 1. The van der Waals surface area contributed by atoms with Gasteiger partial charge in [-0.3, -0.25) is 4.79 Å². The summed E-state index contributed by atoms with van der Waals surface area (Å²) in [5.41, 5.74) is 0.423. The highest BCUT2D eigenvalue weighted by molar-refractivity contribution is 9.10. The quantitative estimate of drug-likeness (QED) is 0.684. The minimum atomic E-state index is -0.238. The van der Waals surface area contributed by atoms with Crippen molar-refractivity contribution in [2.75, 3.05) is 36.4 Å². The van der Waals surface area contributed by atoms with Crippen LogP contribution in [0.15, 0.2) is 40.3 Å². The van der Waals surface area contributed by atoms with Gasteiger partial charge in [0.05, 0.1) is 0 Å². The largest absolute Gasteiger partial charge is 0.346 e. The van der Waals surface area contributed by atoms with Crippen LogP contribution in [0.5, 0.6) is 0 Å². The van der Waals surface area contributed by atoms with Crippen molar-refractivity contribution in [1.82, 2.24) is 15.3 Å². The zero-order valence-corrected chi connectivity index (χ0v) is 15.7. The summed E-state index contributed by atoms with van der Waals surface area (Å²) < 4.78 is 0.943. The number of nitrogens with zero attached hydrogens (tertiary/aromatic N) is 3. The van der Waals surface area contributed by atoms with Crippen molar-refractivity contribution in [3.63, 3.8) is 0 Å². The Labute approximate surface area is 157 Å². The van der Waals surface area contributed by atoms with Gasteiger partial charge in [0.2, 0.25) is 0 Å². The number of amides is 1. The maximum Gasteiger partial charge on any atom is 0.276 e. The van der Waals surface area contributed by atoms with Crippen LogP contribution in [0.2, 0.25) is 0 Å². The summed E-state index contributed by atoms with van der Waals surface area (Å²) in [6.07, 6.45) is 1.69. The van der Waals surface area contributed by atoms with E-state index in [1.807, 2.05) is 24.3 Å². The summed E-state index contributed by atoms with van der Waals surface area (Å²) in [7, 11) is 0. The second-order valence-electron chi connectivity index (χ2n) is 5.73. The molecule has 1 aromatic carbocycles. The molecule has 25 heavy (non-hydrogen) atoms. The van der Waals surface area contributed by atoms with Gasteiger partial charge in [-0.05, 0) is 23.6 Å². The number of fused-ring (bicyclic) bond motifs is 1. The van der Waals surface area contributed by atoms with E-state index < -0.39 is 0 Å². The number of carbonyl (C=O) groups is 1. The molecule has 3 heterocycles. The maximum absolute atomic E-state index is 12.6. The van der Waals surface area contributed by atoms with Crippen molar-refractivity contribution in [1.29, 1.82) is 0 Å². The van der Waals surface area contributed by atoms with Gasteiger partial charge >= 0.3 is 0 Å². The Morgan fingerprint density at radius 1 is 1.28 bits per heavy atom. The third-order valence-electron chi connectivity index (χ3n) is 4.07. The molecule has 4 rings (SSSR count). The van der Waals surface area contributed by atoms with E-state index >= 15 is 0 Å². The van der Waals surface area contributed by atoms with Crippen LogP contribution in [0.25, 0.3) is 10.8 Å². The highest BCUT2D eigenvalue weighted by Crippen LogP contribution is 2.26. The lowest BCUT2D eigenvalue weighted by molar-refractivity contribution is 0.102. The molecule has 0 unspecified atom stereocenters. The van der Waals surface area contributed by atoms with Crippen molar-refractivity contribution in [2.24, 2.45) is 0 Å². The monoisotopic (exact) mass is 417 g/mol. The average Bonchev–Trinajstić information content (AvgIpc) is 3.13. The molecule has 1 aliphatic heterocycles. The van der Waals surface area contributed by atoms with Crippen molar-refractivity contribution >= 4 is 54.9 Å². The van der Waals surface area contributed by atoms with Crippen molar-refractivity contribution in [3.05, 3.63) is 46.0 Å². The number of hydrogen-bond donors (Lipinski definition) is 2. The number of aromatic nitrogens is 2. The molecule has 6 nitrogen and oxygen atoms in total. The standard InChI is InChI=1S/C17H16BrN5OS/c18-12-2-1-11-3-4-20-15(13(11)9-12)22-16(24)14-10-25-17(21-14)23-7-5-19-6-8-23/h1-4,9-10,19H,5-8H2,(H,20,22,24). The first kappa shape index (κ1) is 16.4. The fourth-order valence-electron chi connectivity index (χ4n) is 2.78. The molecule has 0 radical (unpaired) electrons. The normalized spacial score (nSPS) is 14.7. The van der Waals surface area contributed by atoms with Crippen LogP contribution in [-0.4, -0.2) is 42.1 Å². The smallest absolute Gasteiger partial charge is 0.276 e. The second kappa shape index (κ2) is 7.07. The van der Waals surface area contributed by atoms with Crippen LogP contribution >= 0.6 is 27.3 Å². The van der Waals surface area contributed by atoms with Crippen LogP contribution in [0, 0.1) is 0 Å². The Morgan fingerprint density at radius 3 is 2.96 bits per heavy atom. The molecule has 1 amide bonds. The van der Waals surface area contributed by atoms with Crippen LogP contribution in [0.4, 0.5) is 10.9 Å². The van der Waals surface area contributed by atoms with Gasteiger partial charge in [-0.25, -0.2) is 9.97 Å². The molecule has 1 aliphatic rings. The van der Waals surface area contributed by atoms with Crippen LogP contribution in [0.1, 0.15) is 10.5 Å². The second-order valence-corrected chi connectivity index (χ2v) is 7.48. The van der Waals surface area contributed by atoms with Gasteiger partial charge in [-0.1, -0.05) is 22.0 Å². The zero-order valence-electron chi connectivity index (χ0n) is 13.3. The number of pyridine rings is 1. The van der Waals surface area contributed by atoms with E-state index in [1.54, 1.807) is 11.6 Å². The van der Waals surface area contributed by atoms with Crippen LogP contribution in [-0.2, 0) is 0 Å². The highest BCUT2D eigenvalue weighted by Gasteiger charge is 2.18. The van der Waals surface area contributed by atoms with Crippen molar-refractivity contribution < 1.29 is 4.79 Å². The first-order valence-electron chi connectivity index (χ1n) is 7.97. The van der Waals surface area contributed by atoms with E-state index in [4.69, 9.17) is 0 Å². The lowest BCUT2D eigenvalue weighted by Crippen LogP contribution is -2.43. The Morgan fingerprint density at radius 2 is 2.12 bits per heavy atom. The molecule has 2 N–H and O–H groups in total. The fraction of sp³-hybridized carbons (Fsp3) is 0.235. The molecular formula is C17H16BrN5OS. The molecule has 0 spiro atoms. The van der Waals surface area contributed by atoms with Gasteiger partial charge in [0.15, 0.2) is 5.13 Å². The van der Waals surface area contributed by atoms with E-state index in [0.717, 1.165) is 46.6 Å². The van der Waals surface area contributed by atoms with Gasteiger partial charge in [0.1, 0.15) is 11.5 Å².